The molecule has 1 aliphatic heterocycles. The van der Waals surface area contributed by atoms with Crippen LogP contribution in [0.15, 0.2) is 0 Å². The fourth-order valence-corrected chi connectivity index (χ4v) is 1.97. The fourth-order valence-electron chi connectivity index (χ4n) is 0.929. The van der Waals surface area contributed by atoms with Gasteiger partial charge in [-0.1, -0.05) is 0 Å². The van der Waals surface area contributed by atoms with Crippen molar-refractivity contribution in [1.82, 2.24) is 9.80 Å². The zero-order chi connectivity index (χ0) is 10.0. The smallest absolute Gasteiger partial charge is 0.323 e. The molecular formula is C6H10N2O3S2. The maximum atomic E-state index is 11.2. The number of carboxylic acid groups (broad SMARTS) is 1. The number of amides is 1. The van der Waals surface area contributed by atoms with Crippen LogP contribution in [0.2, 0.25) is 0 Å². The Balaban J connectivity index is 2.56. The van der Waals surface area contributed by atoms with Gasteiger partial charge in [0.15, 0.2) is 0 Å². The van der Waals surface area contributed by atoms with Crippen LogP contribution in [0.3, 0.4) is 0 Å². The van der Waals surface area contributed by atoms with Gasteiger partial charge in [-0.05, 0) is 18.8 Å². The van der Waals surface area contributed by atoms with Crippen molar-refractivity contribution in [3.8, 4) is 0 Å². The quantitative estimate of drug-likeness (QED) is 0.660. The van der Waals surface area contributed by atoms with Crippen molar-refractivity contribution in [2.75, 3.05) is 20.3 Å². The first-order chi connectivity index (χ1) is 6.00. The molecule has 0 aromatic heterocycles. The van der Waals surface area contributed by atoms with Crippen molar-refractivity contribution in [3.63, 3.8) is 0 Å². The van der Waals surface area contributed by atoms with E-state index >= 15 is 0 Å². The first-order valence-corrected chi connectivity index (χ1v) is 4.96. The monoisotopic (exact) mass is 222 g/mol. The number of hydrogen-bond acceptors (Lipinski definition) is 5. The van der Waals surface area contributed by atoms with Gasteiger partial charge in [-0.15, -0.1) is 12.6 Å². The Morgan fingerprint density at radius 3 is 3.00 bits per heavy atom. The number of thiol groups is 1. The van der Waals surface area contributed by atoms with Crippen LogP contribution in [0.5, 0.6) is 0 Å². The lowest BCUT2D eigenvalue weighted by Crippen LogP contribution is -2.47. The van der Waals surface area contributed by atoms with Crippen LogP contribution in [0.25, 0.3) is 0 Å². The third-order valence-electron chi connectivity index (χ3n) is 1.56. The Hall–Kier alpha value is -0.400. The summed E-state index contributed by atoms with van der Waals surface area (Å²) in [4.78, 5) is 24.6. The van der Waals surface area contributed by atoms with Gasteiger partial charge < -0.3 is 10.0 Å². The molecule has 13 heavy (non-hydrogen) atoms. The van der Waals surface area contributed by atoms with Crippen molar-refractivity contribution < 1.29 is 14.7 Å². The number of carboxylic acids is 1. The Bertz CT molecular complexity index is 236. The van der Waals surface area contributed by atoms with Crippen LogP contribution < -0.4 is 0 Å². The summed E-state index contributed by atoms with van der Waals surface area (Å²) in [5.41, 5.74) is 0. The van der Waals surface area contributed by atoms with E-state index in [-0.39, 0.29) is 16.5 Å². The third kappa shape index (κ3) is 2.78. The van der Waals surface area contributed by atoms with E-state index in [4.69, 9.17) is 5.11 Å². The highest BCUT2D eigenvalue weighted by Gasteiger charge is 2.29. The predicted molar refractivity (Wildman–Crippen MR) is 52.7 cm³/mol. The van der Waals surface area contributed by atoms with Gasteiger partial charge in [0.1, 0.15) is 11.3 Å². The highest BCUT2D eigenvalue weighted by Crippen LogP contribution is 2.26. The van der Waals surface area contributed by atoms with Gasteiger partial charge in [0.05, 0.1) is 6.67 Å². The lowest BCUT2D eigenvalue weighted by molar-refractivity contribution is -0.137. The molecule has 1 N–H and O–H groups in total. The van der Waals surface area contributed by atoms with Crippen LogP contribution in [0, 0.1) is 0 Å². The molecule has 0 saturated carbocycles. The summed E-state index contributed by atoms with van der Waals surface area (Å²) < 4.78 is -0.183. The number of hydrogen-bond donors (Lipinski definition) is 2. The number of aliphatic carboxylic acids is 1. The van der Waals surface area contributed by atoms with Crippen LogP contribution >= 0.6 is 24.4 Å². The van der Waals surface area contributed by atoms with E-state index in [1.54, 1.807) is 11.9 Å². The topological polar surface area (TPSA) is 60.9 Å². The van der Waals surface area contributed by atoms with E-state index in [1.807, 2.05) is 0 Å². The molecule has 1 saturated heterocycles. The zero-order valence-corrected chi connectivity index (χ0v) is 8.72. The van der Waals surface area contributed by atoms with Crippen LogP contribution in [-0.2, 0) is 4.79 Å². The minimum absolute atomic E-state index is 0.183. The van der Waals surface area contributed by atoms with E-state index in [0.717, 1.165) is 11.8 Å². The second-order valence-electron chi connectivity index (χ2n) is 2.70. The molecule has 0 aromatic carbocycles. The first-order valence-electron chi connectivity index (χ1n) is 3.56. The average molecular weight is 222 g/mol. The standard InChI is InChI=1S/C6H10N2O3S2/c1-7-3-8(2-4(9)10)5(11)13-6(7)12/h6,12H,2-3H2,1H3,(H,9,10). The van der Waals surface area contributed by atoms with Gasteiger partial charge in [0.2, 0.25) is 0 Å². The normalized spacial score (nSPS) is 24.9. The van der Waals surface area contributed by atoms with Crippen LogP contribution in [0.1, 0.15) is 0 Å². The molecule has 1 unspecified atom stereocenters. The Kier molecular flexibility index (Phi) is 3.46. The first kappa shape index (κ1) is 10.7. The molecule has 0 aliphatic carbocycles. The van der Waals surface area contributed by atoms with Gasteiger partial charge in [0.25, 0.3) is 5.24 Å². The molecule has 1 rings (SSSR count). The maximum absolute atomic E-state index is 11.2. The number of carbonyl (C=O) groups is 2. The minimum Gasteiger partial charge on any atom is -0.480 e. The SMILES string of the molecule is CN1CN(CC(=O)O)C(=O)SC1S. The maximum Gasteiger partial charge on any atom is 0.323 e. The lowest BCUT2D eigenvalue weighted by atomic mass is 10.6. The van der Waals surface area contributed by atoms with Gasteiger partial charge >= 0.3 is 5.97 Å². The highest BCUT2D eigenvalue weighted by atomic mass is 32.2. The summed E-state index contributed by atoms with van der Waals surface area (Å²) in [6.07, 6.45) is 0. The van der Waals surface area contributed by atoms with Gasteiger partial charge in [-0.2, -0.15) is 0 Å². The predicted octanol–water partition coefficient (Wildman–Crippen LogP) is 0.342. The second-order valence-corrected chi connectivity index (χ2v) is 4.57. The molecule has 1 fully saturated rings. The molecule has 0 spiro atoms. The Morgan fingerprint density at radius 1 is 1.85 bits per heavy atom. The molecule has 5 nitrogen and oxygen atoms in total. The summed E-state index contributed by atoms with van der Waals surface area (Å²) in [5, 5.41) is 8.26. The molecule has 1 amide bonds. The van der Waals surface area contributed by atoms with Crippen molar-refractivity contribution in [3.05, 3.63) is 0 Å². The van der Waals surface area contributed by atoms with Crippen LogP contribution in [0.4, 0.5) is 4.79 Å². The fraction of sp³-hybridized carbons (Fsp3) is 0.667. The van der Waals surface area contributed by atoms with E-state index < -0.39 is 5.97 Å². The lowest BCUT2D eigenvalue weighted by Gasteiger charge is -2.35. The zero-order valence-electron chi connectivity index (χ0n) is 7.01. The van der Waals surface area contributed by atoms with Gasteiger partial charge in [-0.3, -0.25) is 14.5 Å². The third-order valence-corrected chi connectivity index (χ3v) is 3.30. The molecule has 1 aliphatic rings. The van der Waals surface area contributed by atoms with E-state index in [9.17, 15) is 9.59 Å². The molecule has 0 aromatic rings. The number of carbonyl (C=O) groups excluding carboxylic acids is 1. The van der Waals surface area contributed by atoms with Gasteiger partial charge in [0, 0.05) is 0 Å². The van der Waals surface area contributed by atoms with Crippen molar-refractivity contribution in [1.29, 1.82) is 0 Å². The molecule has 1 heterocycles. The summed E-state index contributed by atoms with van der Waals surface area (Å²) in [7, 11) is 1.78. The van der Waals surface area contributed by atoms with Crippen molar-refractivity contribution in [2.45, 2.75) is 4.71 Å². The molecule has 0 radical (unpaired) electrons. The summed E-state index contributed by atoms with van der Waals surface area (Å²) >= 11 is 5.15. The highest BCUT2D eigenvalue weighted by molar-refractivity contribution is 8.20. The van der Waals surface area contributed by atoms with E-state index in [2.05, 4.69) is 12.6 Å². The summed E-state index contributed by atoms with van der Waals surface area (Å²) in [6, 6.07) is 0. The molecule has 74 valence electrons. The molecule has 0 bridgehead atoms. The Morgan fingerprint density at radius 2 is 2.46 bits per heavy atom. The molecule has 1 atom stereocenters. The van der Waals surface area contributed by atoms with Crippen molar-refractivity contribution in [2.24, 2.45) is 0 Å². The van der Waals surface area contributed by atoms with E-state index in [0.29, 0.717) is 6.67 Å². The van der Waals surface area contributed by atoms with Gasteiger partial charge in [-0.25, -0.2) is 0 Å². The Labute approximate surface area is 85.5 Å². The summed E-state index contributed by atoms with van der Waals surface area (Å²) in [5.74, 6) is -1.00. The summed E-state index contributed by atoms with van der Waals surface area (Å²) in [6.45, 7) is 0.0585. The number of thioether (sulfide) groups is 1. The largest absolute Gasteiger partial charge is 0.480 e. The van der Waals surface area contributed by atoms with Crippen molar-refractivity contribution >= 4 is 35.6 Å². The number of nitrogens with zero attached hydrogens (tertiary/aromatic N) is 2. The second kappa shape index (κ2) is 4.21. The minimum atomic E-state index is -1.00. The average Bonchev–Trinajstić information content (AvgIpc) is 1.99. The molecule has 7 heteroatoms. The van der Waals surface area contributed by atoms with Crippen LogP contribution in [-0.4, -0.2) is 51.1 Å². The van der Waals surface area contributed by atoms with E-state index in [1.165, 1.54) is 4.90 Å². The molecular weight excluding hydrogens is 212 g/mol. The number of rotatable bonds is 2.